The second kappa shape index (κ2) is 10.5. The third-order valence-corrected chi connectivity index (χ3v) is 7.42. The van der Waals surface area contributed by atoms with Crippen LogP contribution in [-0.2, 0) is 9.59 Å². The smallest absolute Gasteiger partial charge is 0.254 e. The largest absolute Gasteiger partial charge is 0.353 e. The molecular formula is C23H19N5O2S3. The lowest BCUT2D eigenvalue weighted by Crippen LogP contribution is -2.30. The normalized spacial score (nSPS) is 15.6. The molecule has 1 aliphatic rings. The topological polar surface area (TPSA) is 107 Å². The molecule has 4 rings (SSSR count). The average Bonchev–Trinajstić information content (AvgIpc) is 3.52. The van der Waals surface area contributed by atoms with Gasteiger partial charge in [0.15, 0.2) is 5.13 Å². The summed E-state index contributed by atoms with van der Waals surface area (Å²) in [5.41, 5.74) is 2.21. The van der Waals surface area contributed by atoms with Gasteiger partial charge >= 0.3 is 0 Å². The van der Waals surface area contributed by atoms with Crippen molar-refractivity contribution < 1.29 is 9.59 Å². The summed E-state index contributed by atoms with van der Waals surface area (Å²) in [4.78, 5) is 30.6. The lowest BCUT2D eigenvalue weighted by Gasteiger charge is -2.29. The van der Waals surface area contributed by atoms with Crippen molar-refractivity contribution in [2.75, 3.05) is 16.4 Å². The molecule has 3 N–H and O–H groups in total. The predicted molar refractivity (Wildman–Crippen MR) is 134 cm³/mol. The van der Waals surface area contributed by atoms with E-state index < -0.39 is 5.92 Å². The Hall–Kier alpha value is -3.39. The van der Waals surface area contributed by atoms with Gasteiger partial charge in [0.2, 0.25) is 5.91 Å². The number of allylic oxidation sites excluding steroid dienone is 2. The van der Waals surface area contributed by atoms with Gasteiger partial charge in [0, 0.05) is 33.4 Å². The highest BCUT2D eigenvalue weighted by Gasteiger charge is 2.35. The number of thiophene rings is 1. The van der Waals surface area contributed by atoms with Crippen LogP contribution < -0.4 is 16.0 Å². The number of para-hydroxylation sites is 1. The Morgan fingerprint density at radius 2 is 1.97 bits per heavy atom. The molecular weight excluding hydrogens is 474 g/mol. The molecule has 0 fully saturated rings. The highest BCUT2D eigenvalue weighted by atomic mass is 32.2. The molecule has 0 radical (unpaired) electrons. The summed E-state index contributed by atoms with van der Waals surface area (Å²) in [6, 6.07) is 15.3. The molecule has 0 bridgehead atoms. The number of thiazole rings is 1. The van der Waals surface area contributed by atoms with E-state index in [0.29, 0.717) is 32.7 Å². The zero-order chi connectivity index (χ0) is 23.2. The Bertz CT molecular complexity index is 1240. The van der Waals surface area contributed by atoms with E-state index in [9.17, 15) is 14.9 Å². The second-order valence-corrected chi connectivity index (χ2v) is 9.82. The van der Waals surface area contributed by atoms with Gasteiger partial charge in [0.1, 0.15) is 0 Å². The number of dihydropyridines is 1. The van der Waals surface area contributed by atoms with Crippen molar-refractivity contribution >= 4 is 57.1 Å². The molecule has 10 heteroatoms. The molecule has 1 aliphatic heterocycles. The van der Waals surface area contributed by atoms with E-state index in [1.807, 2.05) is 54.8 Å². The first-order valence-corrected chi connectivity index (χ1v) is 12.6. The Balaban J connectivity index is 1.60. The SMILES string of the molecule is CC1=C(C(=O)Nc2ccccc2)C(c2cccs2)C(C#N)=C(SCC(=O)Nc2nccs2)N1. The zero-order valence-corrected chi connectivity index (χ0v) is 19.9. The first kappa shape index (κ1) is 22.8. The van der Waals surface area contributed by atoms with Gasteiger partial charge in [-0.15, -0.1) is 22.7 Å². The van der Waals surface area contributed by atoms with Crippen molar-refractivity contribution in [3.8, 4) is 6.07 Å². The summed E-state index contributed by atoms with van der Waals surface area (Å²) in [6.07, 6.45) is 1.62. The molecule has 166 valence electrons. The monoisotopic (exact) mass is 493 g/mol. The van der Waals surface area contributed by atoms with Crippen LogP contribution in [0.4, 0.5) is 10.8 Å². The van der Waals surface area contributed by atoms with E-state index in [4.69, 9.17) is 0 Å². The van der Waals surface area contributed by atoms with Crippen molar-refractivity contribution in [1.82, 2.24) is 10.3 Å². The number of rotatable bonds is 7. The van der Waals surface area contributed by atoms with Crippen LogP contribution in [0, 0.1) is 11.3 Å². The number of thioether (sulfide) groups is 1. The van der Waals surface area contributed by atoms with E-state index in [-0.39, 0.29) is 17.6 Å². The van der Waals surface area contributed by atoms with Crippen LogP contribution in [0.15, 0.2) is 81.3 Å². The van der Waals surface area contributed by atoms with Crippen LogP contribution >= 0.6 is 34.4 Å². The number of aromatic nitrogens is 1. The van der Waals surface area contributed by atoms with Crippen LogP contribution in [0.3, 0.4) is 0 Å². The first-order chi connectivity index (χ1) is 16.1. The number of nitrogens with zero attached hydrogens (tertiary/aromatic N) is 2. The van der Waals surface area contributed by atoms with E-state index in [1.165, 1.54) is 34.4 Å². The number of hydrogen-bond donors (Lipinski definition) is 3. The molecule has 3 aromatic rings. The summed E-state index contributed by atoms with van der Waals surface area (Å²) in [7, 11) is 0. The molecule has 2 aromatic heterocycles. The molecule has 1 aromatic carbocycles. The quantitative estimate of drug-likeness (QED) is 0.432. The lowest BCUT2D eigenvalue weighted by molar-refractivity contribution is -0.114. The fourth-order valence-electron chi connectivity index (χ4n) is 3.37. The highest BCUT2D eigenvalue weighted by Crippen LogP contribution is 2.42. The molecule has 3 heterocycles. The predicted octanol–water partition coefficient (Wildman–Crippen LogP) is 4.91. The molecule has 0 aliphatic carbocycles. The number of carbonyl (C=O) groups excluding carboxylic acids is 2. The minimum atomic E-state index is -0.524. The average molecular weight is 494 g/mol. The van der Waals surface area contributed by atoms with E-state index in [2.05, 4.69) is 27.0 Å². The summed E-state index contributed by atoms with van der Waals surface area (Å²) < 4.78 is 0. The zero-order valence-electron chi connectivity index (χ0n) is 17.5. The van der Waals surface area contributed by atoms with Crippen molar-refractivity contribution in [2.24, 2.45) is 0 Å². The van der Waals surface area contributed by atoms with E-state index >= 15 is 0 Å². The van der Waals surface area contributed by atoms with Crippen molar-refractivity contribution in [1.29, 1.82) is 5.26 Å². The third kappa shape index (κ3) is 5.34. The first-order valence-electron chi connectivity index (χ1n) is 9.91. The number of nitrogens with one attached hydrogen (secondary N) is 3. The number of anilines is 2. The maximum Gasteiger partial charge on any atom is 0.254 e. The molecule has 1 atom stereocenters. The minimum absolute atomic E-state index is 0.100. The summed E-state index contributed by atoms with van der Waals surface area (Å²) in [6.45, 7) is 1.81. The summed E-state index contributed by atoms with van der Waals surface area (Å²) in [5.74, 6) is -0.917. The third-order valence-electron chi connectivity index (χ3n) is 4.78. The van der Waals surface area contributed by atoms with Gasteiger partial charge < -0.3 is 16.0 Å². The lowest BCUT2D eigenvalue weighted by atomic mass is 9.86. The minimum Gasteiger partial charge on any atom is -0.353 e. The fourth-order valence-corrected chi connectivity index (χ4v) is 5.65. The molecule has 0 spiro atoms. The Morgan fingerprint density at radius 1 is 1.15 bits per heavy atom. The summed E-state index contributed by atoms with van der Waals surface area (Å²) in [5, 5.41) is 23.7. The van der Waals surface area contributed by atoms with Gasteiger partial charge in [-0.1, -0.05) is 36.0 Å². The Morgan fingerprint density at radius 3 is 2.64 bits per heavy atom. The number of hydrogen-bond acceptors (Lipinski definition) is 8. The fraction of sp³-hybridized carbons (Fsp3) is 0.130. The van der Waals surface area contributed by atoms with Gasteiger partial charge in [0.05, 0.1) is 28.3 Å². The standard InChI is InChI=1S/C23H19N5O2S3/c1-14-19(21(30)27-15-6-3-2-4-7-15)20(17-8-5-10-31-17)16(12-24)22(26-14)33-13-18(29)28-23-25-9-11-32-23/h2-11,20,26H,13H2,1H3,(H,27,30)(H,25,28,29). The van der Waals surface area contributed by atoms with Crippen LogP contribution in [0.2, 0.25) is 0 Å². The van der Waals surface area contributed by atoms with E-state index in [1.54, 1.807) is 11.6 Å². The van der Waals surface area contributed by atoms with E-state index in [0.717, 1.165) is 4.88 Å². The van der Waals surface area contributed by atoms with Crippen molar-refractivity contribution in [2.45, 2.75) is 12.8 Å². The van der Waals surface area contributed by atoms with Crippen LogP contribution in [0.25, 0.3) is 0 Å². The van der Waals surface area contributed by atoms with Gasteiger partial charge in [-0.2, -0.15) is 5.26 Å². The second-order valence-electron chi connectivity index (χ2n) is 6.96. The number of benzene rings is 1. The Labute approximate surface area is 203 Å². The molecule has 33 heavy (non-hydrogen) atoms. The summed E-state index contributed by atoms with van der Waals surface area (Å²) >= 11 is 4.05. The van der Waals surface area contributed by atoms with Gasteiger partial charge in [0.25, 0.3) is 5.91 Å². The van der Waals surface area contributed by atoms with Crippen molar-refractivity contribution in [3.63, 3.8) is 0 Å². The van der Waals surface area contributed by atoms with Crippen LogP contribution in [-0.4, -0.2) is 22.6 Å². The molecule has 2 amide bonds. The highest BCUT2D eigenvalue weighted by molar-refractivity contribution is 8.03. The van der Waals surface area contributed by atoms with Crippen LogP contribution in [0.5, 0.6) is 0 Å². The number of amides is 2. The van der Waals surface area contributed by atoms with Gasteiger partial charge in [-0.05, 0) is 30.5 Å². The Kier molecular flexibility index (Phi) is 7.24. The number of nitriles is 1. The van der Waals surface area contributed by atoms with Gasteiger partial charge in [-0.3, -0.25) is 9.59 Å². The van der Waals surface area contributed by atoms with Crippen molar-refractivity contribution in [3.05, 3.63) is 86.2 Å². The molecule has 0 saturated heterocycles. The maximum atomic E-state index is 13.3. The van der Waals surface area contributed by atoms with Gasteiger partial charge in [-0.25, -0.2) is 4.98 Å². The molecule has 0 saturated carbocycles. The maximum absolute atomic E-state index is 13.3. The van der Waals surface area contributed by atoms with Crippen LogP contribution in [0.1, 0.15) is 17.7 Å². The molecule has 7 nitrogen and oxygen atoms in total. The molecule has 1 unspecified atom stereocenters. The number of carbonyl (C=O) groups is 2.